The van der Waals surface area contributed by atoms with E-state index in [-0.39, 0.29) is 18.3 Å². The number of rotatable bonds is 5. The van der Waals surface area contributed by atoms with Gasteiger partial charge >= 0.3 is 11.9 Å². The summed E-state index contributed by atoms with van der Waals surface area (Å²) in [5.74, 6) is -0.500. The summed E-state index contributed by atoms with van der Waals surface area (Å²) in [5.41, 5.74) is -3.17. The molecule has 1 rings (SSSR count). The molecule has 0 aliphatic rings. The molecule has 0 aliphatic carbocycles. The Morgan fingerprint density at radius 1 is 1.38 bits per heavy atom. The molecule has 0 amide bonds. The second kappa shape index (κ2) is 5.88. The minimum atomic E-state index is -4.67. The molecule has 0 radical (unpaired) electrons. The lowest BCUT2D eigenvalue weighted by molar-refractivity contribution is -0.386. The SMILES string of the molecule is CC(C)C(C)(O)COc1ccc(C(F)(F)F)cc1[N+](=O)[O-]. The number of nitrogens with zero attached hydrogens (tertiary/aromatic N) is 1. The van der Waals surface area contributed by atoms with E-state index < -0.39 is 28.0 Å². The van der Waals surface area contributed by atoms with Crippen molar-refractivity contribution >= 4 is 5.69 Å². The monoisotopic (exact) mass is 307 g/mol. The zero-order chi connectivity index (χ0) is 16.4. The van der Waals surface area contributed by atoms with Crippen molar-refractivity contribution in [2.75, 3.05) is 6.61 Å². The maximum Gasteiger partial charge on any atom is 0.416 e. The van der Waals surface area contributed by atoms with Gasteiger partial charge in [-0.15, -0.1) is 0 Å². The van der Waals surface area contributed by atoms with Crippen molar-refractivity contribution in [3.05, 3.63) is 33.9 Å². The van der Waals surface area contributed by atoms with Gasteiger partial charge in [-0.1, -0.05) is 13.8 Å². The highest BCUT2D eigenvalue weighted by Crippen LogP contribution is 2.36. The molecule has 1 atom stereocenters. The van der Waals surface area contributed by atoms with Crippen LogP contribution in [-0.4, -0.2) is 22.2 Å². The van der Waals surface area contributed by atoms with E-state index in [9.17, 15) is 28.4 Å². The first-order valence-corrected chi connectivity index (χ1v) is 6.16. The molecule has 8 heteroatoms. The number of alkyl halides is 3. The largest absolute Gasteiger partial charge is 0.484 e. The molecule has 0 bridgehead atoms. The highest BCUT2D eigenvalue weighted by atomic mass is 19.4. The van der Waals surface area contributed by atoms with E-state index in [0.717, 1.165) is 6.07 Å². The highest BCUT2D eigenvalue weighted by molar-refractivity contribution is 5.49. The maximum absolute atomic E-state index is 12.5. The summed E-state index contributed by atoms with van der Waals surface area (Å²) < 4.78 is 42.8. The van der Waals surface area contributed by atoms with Crippen molar-refractivity contribution in [3.8, 4) is 5.75 Å². The molecule has 118 valence electrons. The quantitative estimate of drug-likeness (QED) is 0.668. The normalized spacial score (nSPS) is 14.9. The third-order valence-electron chi connectivity index (χ3n) is 3.25. The van der Waals surface area contributed by atoms with Gasteiger partial charge in [0.15, 0.2) is 5.75 Å². The lowest BCUT2D eigenvalue weighted by atomic mass is 9.94. The average molecular weight is 307 g/mol. The Labute approximate surface area is 119 Å². The Balaban J connectivity index is 3.06. The van der Waals surface area contributed by atoms with Crippen LogP contribution < -0.4 is 4.74 Å². The van der Waals surface area contributed by atoms with Gasteiger partial charge in [0, 0.05) is 6.07 Å². The van der Waals surface area contributed by atoms with Crippen molar-refractivity contribution in [2.45, 2.75) is 32.5 Å². The number of halogens is 3. The van der Waals surface area contributed by atoms with Crippen LogP contribution in [0.3, 0.4) is 0 Å². The van der Waals surface area contributed by atoms with E-state index in [0.29, 0.717) is 12.1 Å². The van der Waals surface area contributed by atoms with Gasteiger partial charge in [0.25, 0.3) is 0 Å². The van der Waals surface area contributed by atoms with Crippen LogP contribution in [-0.2, 0) is 6.18 Å². The van der Waals surface area contributed by atoms with Crippen molar-refractivity contribution in [3.63, 3.8) is 0 Å². The van der Waals surface area contributed by atoms with Gasteiger partial charge in [-0.25, -0.2) is 0 Å². The number of aliphatic hydroxyl groups is 1. The predicted molar refractivity (Wildman–Crippen MR) is 69.1 cm³/mol. The van der Waals surface area contributed by atoms with Crippen molar-refractivity contribution in [1.29, 1.82) is 0 Å². The lowest BCUT2D eigenvalue weighted by Gasteiger charge is -2.27. The zero-order valence-corrected chi connectivity index (χ0v) is 11.8. The van der Waals surface area contributed by atoms with E-state index in [1.54, 1.807) is 13.8 Å². The van der Waals surface area contributed by atoms with Crippen LogP contribution in [0.2, 0.25) is 0 Å². The van der Waals surface area contributed by atoms with Gasteiger partial charge < -0.3 is 9.84 Å². The Hall–Kier alpha value is -1.83. The highest BCUT2D eigenvalue weighted by Gasteiger charge is 2.34. The Kier molecular flexibility index (Phi) is 4.83. The van der Waals surface area contributed by atoms with Gasteiger partial charge in [-0.2, -0.15) is 13.2 Å². The molecule has 21 heavy (non-hydrogen) atoms. The molecule has 1 aromatic rings. The van der Waals surface area contributed by atoms with Crippen LogP contribution in [0.15, 0.2) is 18.2 Å². The molecular weight excluding hydrogens is 291 g/mol. The van der Waals surface area contributed by atoms with Gasteiger partial charge in [-0.05, 0) is 25.0 Å². The van der Waals surface area contributed by atoms with Crippen LogP contribution >= 0.6 is 0 Å². The number of nitro benzene ring substituents is 1. The molecule has 0 aliphatic heterocycles. The topological polar surface area (TPSA) is 72.6 Å². The fraction of sp³-hybridized carbons (Fsp3) is 0.538. The van der Waals surface area contributed by atoms with E-state index in [1.807, 2.05) is 0 Å². The summed E-state index contributed by atoms with van der Waals surface area (Å²) in [6.45, 7) is 4.67. The Morgan fingerprint density at radius 2 is 1.95 bits per heavy atom. The number of benzene rings is 1. The molecule has 0 saturated heterocycles. The first-order chi connectivity index (χ1) is 9.45. The third-order valence-corrected chi connectivity index (χ3v) is 3.25. The minimum absolute atomic E-state index is 0.189. The van der Waals surface area contributed by atoms with E-state index in [4.69, 9.17) is 4.74 Å². The van der Waals surface area contributed by atoms with Crippen LogP contribution in [0.5, 0.6) is 5.75 Å². The summed E-state index contributed by atoms with van der Waals surface area (Å²) in [6, 6.07) is 2.00. The molecule has 0 heterocycles. The van der Waals surface area contributed by atoms with Gasteiger partial charge in [0.2, 0.25) is 0 Å². The Bertz CT molecular complexity index is 527. The van der Waals surface area contributed by atoms with Crippen LogP contribution in [0.1, 0.15) is 26.3 Å². The fourth-order valence-electron chi connectivity index (χ4n) is 1.35. The van der Waals surface area contributed by atoms with E-state index in [1.165, 1.54) is 6.92 Å². The van der Waals surface area contributed by atoms with Crippen molar-refractivity contribution < 1.29 is 27.9 Å². The van der Waals surface area contributed by atoms with Gasteiger partial charge in [-0.3, -0.25) is 10.1 Å². The molecule has 1 aromatic carbocycles. The van der Waals surface area contributed by atoms with E-state index >= 15 is 0 Å². The predicted octanol–water partition coefficient (Wildman–Crippen LogP) is 3.40. The van der Waals surface area contributed by atoms with Crippen molar-refractivity contribution in [1.82, 2.24) is 0 Å². The van der Waals surface area contributed by atoms with Crippen LogP contribution in [0.4, 0.5) is 18.9 Å². The number of nitro groups is 1. The second-order valence-electron chi connectivity index (χ2n) is 5.24. The van der Waals surface area contributed by atoms with Gasteiger partial charge in [0.1, 0.15) is 6.61 Å². The summed E-state index contributed by atoms with van der Waals surface area (Å²) >= 11 is 0. The minimum Gasteiger partial charge on any atom is -0.484 e. The number of hydrogen-bond acceptors (Lipinski definition) is 4. The third kappa shape index (κ3) is 4.32. The summed E-state index contributed by atoms with van der Waals surface area (Å²) in [4.78, 5) is 9.91. The first-order valence-electron chi connectivity index (χ1n) is 6.16. The fourth-order valence-corrected chi connectivity index (χ4v) is 1.35. The first kappa shape index (κ1) is 17.2. The number of hydrogen-bond donors (Lipinski definition) is 1. The standard InChI is InChI=1S/C13H16F3NO4/c1-8(2)12(3,18)7-21-11-5-4-9(13(14,15)16)6-10(11)17(19)20/h4-6,8,18H,7H2,1-3H3. The van der Waals surface area contributed by atoms with Crippen LogP contribution in [0, 0.1) is 16.0 Å². The molecule has 0 fully saturated rings. The molecule has 1 unspecified atom stereocenters. The zero-order valence-electron chi connectivity index (χ0n) is 11.8. The van der Waals surface area contributed by atoms with Gasteiger partial charge in [0.05, 0.1) is 16.1 Å². The summed E-state index contributed by atoms with van der Waals surface area (Å²) in [7, 11) is 0. The molecule has 1 N–H and O–H groups in total. The van der Waals surface area contributed by atoms with E-state index in [2.05, 4.69) is 0 Å². The smallest absolute Gasteiger partial charge is 0.416 e. The molecule has 0 spiro atoms. The maximum atomic E-state index is 12.5. The van der Waals surface area contributed by atoms with Crippen LogP contribution in [0.25, 0.3) is 0 Å². The molecular formula is C13H16F3NO4. The molecule has 0 saturated carbocycles. The molecule has 5 nitrogen and oxygen atoms in total. The number of ether oxygens (including phenoxy) is 1. The molecule has 0 aromatic heterocycles. The summed E-state index contributed by atoms with van der Waals surface area (Å²) in [6.07, 6.45) is -4.67. The van der Waals surface area contributed by atoms with Crippen molar-refractivity contribution in [2.24, 2.45) is 5.92 Å². The second-order valence-corrected chi connectivity index (χ2v) is 5.24. The Morgan fingerprint density at radius 3 is 2.38 bits per heavy atom. The average Bonchev–Trinajstić information content (AvgIpc) is 2.34. The summed E-state index contributed by atoms with van der Waals surface area (Å²) in [5, 5.41) is 20.8. The lowest BCUT2D eigenvalue weighted by Crippen LogP contribution is -2.37.